The molecular formula is C20H23N5O. The molecular weight excluding hydrogens is 326 g/mol. The van der Waals surface area contributed by atoms with E-state index in [1.807, 2.05) is 41.0 Å². The van der Waals surface area contributed by atoms with Crippen LogP contribution in [0.3, 0.4) is 0 Å². The van der Waals surface area contributed by atoms with Gasteiger partial charge in [0.1, 0.15) is 0 Å². The minimum Gasteiger partial charge on any atom is -0.325 e. The second kappa shape index (κ2) is 6.53. The Labute approximate surface area is 152 Å². The minimum atomic E-state index is -0.151. The lowest BCUT2D eigenvalue weighted by Crippen LogP contribution is -2.42. The Balaban J connectivity index is 1.82. The van der Waals surface area contributed by atoms with Crippen LogP contribution in [0.4, 0.5) is 11.6 Å². The Morgan fingerprint density at radius 3 is 2.69 bits per heavy atom. The fourth-order valence-electron chi connectivity index (χ4n) is 3.66. The number of rotatable bonds is 3. The maximum Gasteiger partial charge on any atom is 0.263 e. The van der Waals surface area contributed by atoms with E-state index >= 15 is 0 Å². The van der Waals surface area contributed by atoms with Gasteiger partial charge in [0.25, 0.3) is 5.56 Å². The predicted octanol–water partition coefficient (Wildman–Crippen LogP) is 3.37. The molecule has 0 aliphatic heterocycles. The number of para-hydroxylation sites is 1. The fourth-order valence-corrected chi connectivity index (χ4v) is 3.66. The van der Waals surface area contributed by atoms with Crippen molar-refractivity contribution in [2.24, 2.45) is 5.73 Å². The normalized spacial score (nSPS) is 23.1. The molecule has 1 aliphatic carbocycles. The average Bonchev–Trinajstić information content (AvgIpc) is 2.64. The van der Waals surface area contributed by atoms with E-state index in [-0.39, 0.29) is 17.1 Å². The molecule has 0 spiro atoms. The highest BCUT2D eigenvalue weighted by Crippen LogP contribution is 2.34. The van der Waals surface area contributed by atoms with Gasteiger partial charge in [0, 0.05) is 17.8 Å². The lowest BCUT2D eigenvalue weighted by molar-refractivity contribution is 0.250. The van der Waals surface area contributed by atoms with Gasteiger partial charge in [0.15, 0.2) is 0 Å². The number of aromatic nitrogens is 3. The monoisotopic (exact) mass is 349 g/mol. The molecule has 4 rings (SSSR count). The molecule has 0 unspecified atom stereocenters. The molecule has 6 heteroatoms. The van der Waals surface area contributed by atoms with Crippen LogP contribution in [0.2, 0.25) is 0 Å². The van der Waals surface area contributed by atoms with Gasteiger partial charge in [-0.2, -0.15) is 0 Å². The van der Waals surface area contributed by atoms with Crippen molar-refractivity contribution in [3.63, 3.8) is 0 Å². The summed E-state index contributed by atoms with van der Waals surface area (Å²) in [6, 6.07) is 11.3. The van der Waals surface area contributed by atoms with Crippen LogP contribution >= 0.6 is 0 Å². The summed E-state index contributed by atoms with van der Waals surface area (Å²) in [7, 11) is 0. The van der Waals surface area contributed by atoms with Crippen LogP contribution in [0.1, 0.15) is 38.6 Å². The van der Waals surface area contributed by atoms with Gasteiger partial charge in [0.2, 0.25) is 5.95 Å². The zero-order valence-electron chi connectivity index (χ0n) is 14.9. The third-order valence-corrected chi connectivity index (χ3v) is 5.19. The molecule has 1 fully saturated rings. The van der Waals surface area contributed by atoms with Crippen LogP contribution in [0.25, 0.3) is 10.9 Å². The highest BCUT2D eigenvalue weighted by molar-refractivity contribution is 5.79. The molecule has 134 valence electrons. The van der Waals surface area contributed by atoms with E-state index in [4.69, 9.17) is 10.7 Å². The van der Waals surface area contributed by atoms with Gasteiger partial charge in [-0.1, -0.05) is 12.1 Å². The summed E-state index contributed by atoms with van der Waals surface area (Å²) in [5.41, 5.74) is 7.63. The van der Waals surface area contributed by atoms with E-state index in [0.717, 1.165) is 31.4 Å². The second-order valence-corrected chi connectivity index (χ2v) is 7.38. The Kier molecular flexibility index (Phi) is 4.20. The van der Waals surface area contributed by atoms with Gasteiger partial charge in [-0.15, -0.1) is 0 Å². The van der Waals surface area contributed by atoms with Gasteiger partial charge < -0.3 is 11.1 Å². The molecule has 3 aromatic rings. The van der Waals surface area contributed by atoms with Crippen LogP contribution < -0.4 is 16.6 Å². The second-order valence-electron chi connectivity index (χ2n) is 7.38. The third-order valence-electron chi connectivity index (χ3n) is 5.19. The number of fused-ring (bicyclic) bond motifs is 1. The first-order chi connectivity index (χ1) is 12.5. The number of hydrogen-bond acceptors (Lipinski definition) is 5. The predicted molar refractivity (Wildman–Crippen MR) is 104 cm³/mol. The lowest BCUT2D eigenvalue weighted by Gasteiger charge is -2.35. The van der Waals surface area contributed by atoms with E-state index < -0.39 is 0 Å². The third kappa shape index (κ3) is 3.20. The van der Waals surface area contributed by atoms with Gasteiger partial charge in [0.05, 0.1) is 22.8 Å². The van der Waals surface area contributed by atoms with Gasteiger partial charge in [-0.05, 0) is 56.9 Å². The number of nitrogens with one attached hydrogen (secondary N) is 1. The standard InChI is InChI=1S/C20H23N5O/c1-20(21)10-8-15(9-11-20)25-18(26)16-6-2-3-7-17(16)24-19(25)23-14-5-4-12-22-13-14/h2-7,12-13,15H,8-11,21H2,1H3,(H,23,24)/t15-,20-. The summed E-state index contributed by atoms with van der Waals surface area (Å²) in [6.45, 7) is 2.08. The van der Waals surface area contributed by atoms with Gasteiger partial charge >= 0.3 is 0 Å². The average molecular weight is 349 g/mol. The van der Waals surface area contributed by atoms with Crippen molar-refractivity contribution in [3.8, 4) is 0 Å². The van der Waals surface area contributed by atoms with Crippen molar-refractivity contribution in [1.82, 2.24) is 14.5 Å². The maximum absolute atomic E-state index is 13.2. The molecule has 0 atom stereocenters. The fraction of sp³-hybridized carbons (Fsp3) is 0.350. The van der Waals surface area contributed by atoms with Crippen molar-refractivity contribution in [2.75, 3.05) is 5.32 Å². The molecule has 26 heavy (non-hydrogen) atoms. The number of nitrogens with two attached hydrogens (primary N) is 1. The Bertz CT molecular complexity index is 970. The smallest absolute Gasteiger partial charge is 0.263 e. The Morgan fingerprint density at radius 1 is 1.19 bits per heavy atom. The molecule has 6 nitrogen and oxygen atoms in total. The van der Waals surface area contributed by atoms with Crippen molar-refractivity contribution in [2.45, 2.75) is 44.2 Å². The van der Waals surface area contributed by atoms with E-state index in [0.29, 0.717) is 16.9 Å². The van der Waals surface area contributed by atoms with Crippen LogP contribution in [-0.2, 0) is 0 Å². The molecule has 1 saturated carbocycles. The highest BCUT2D eigenvalue weighted by Gasteiger charge is 2.30. The van der Waals surface area contributed by atoms with Crippen molar-refractivity contribution in [1.29, 1.82) is 0 Å². The molecule has 1 aliphatic rings. The molecule has 1 aromatic carbocycles. The quantitative estimate of drug-likeness (QED) is 0.757. The molecule has 2 aromatic heterocycles. The van der Waals surface area contributed by atoms with Crippen LogP contribution in [0, 0.1) is 0 Å². The van der Waals surface area contributed by atoms with Crippen molar-refractivity contribution < 1.29 is 0 Å². The molecule has 0 radical (unpaired) electrons. The lowest BCUT2D eigenvalue weighted by atomic mass is 9.81. The first-order valence-electron chi connectivity index (χ1n) is 9.01. The number of benzene rings is 1. The zero-order chi connectivity index (χ0) is 18.1. The maximum atomic E-state index is 13.2. The highest BCUT2D eigenvalue weighted by atomic mass is 16.1. The topological polar surface area (TPSA) is 85.8 Å². The van der Waals surface area contributed by atoms with Gasteiger partial charge in [-0.25, -0.2) is 4.98 Å². The van der Waals surface area contributed by atoms with Crippen LogP contribution in [-0.4, -0.2) is 20.1 Å². The summed E-state index contributed by atoms with van der Waals surface area (Å²) in [5.74, 6) is 0.562. The van der Waals surface area contributed by atoms with E-state index in [2.05, 4.69) is 17.2 Å². The summed E-state index contributed by atoms with van der Waals surface area (Å²) < 4.78 is 1.81. The van der Waals surface area contributed by atoms with Crippen molar-refractivity contribution in [3.05, 3.63) is 59.1 Å². The number of pyridine rings is 1. The Morgan fingerprint density at radius 2 is 1.96 bits per heavy atom. The van der Waals surface area contributed by atoms with Crippen LogP contribution in [0.15, 0.2) is 53.6 Å². The summed E-state index contributed by atoms with van der Waals surface area (Å²) in [6.07, 6.45) is 6.97. The minimum absolute atomic E-state index is 0.00684. The van der Waals surface area contributed by atoms with Gasteiger partial charge in [-0.3, -0.25) is 14.3 Å². The number of nitrogens with zero attached hydrogens (tertiary/aromatic N) is 3. The summed E-state index contributed by atoms with van der Waals surface area (Å²) >= 11 is 0. The largest absolute Gasteiger partial charge is 0.325 e. The number of hydrogen-bond donors (Lipinski definition) is 2. The number of anilines is 2. The first kappa shape index (κ1) is 16.7. The molecule has 0 saturated heterocycles. The zero-order valence-corrected chi connectivity index (χ0v) is 14.9. The Hall–Kier alpha value is -2.73. The first-order valence-corrected chi connectivity index (χ1v) is 9.01. The molecule has 0 bridgehead atoms. The SMILES string of the molecule is C[C@]1(N)CC[C@H](n2c(Nc3cccnc3)nc3ccccc3c2=O)CC1. The van der Waals surface area contributed by atoms with Crippen molar-refractivity contribution >= 4 is 22.5 Å². The molecule has 3 N–H and O–H groups in total. The van der Waals surface area contributed by atoms with E-state index in [9.17, 15) is 4.79 Å². The molecule has 2 heterocycles. The molecule has 0 amide bonds. The van der Waals surface area contributed by atoms with Crippen LogP contribution in [0.5, 0.6) is 0 Å². The van der Waals surface area contributed by atoms with E-state index in [1.165, 1.54) is 0 Å². The van der Waals surface area contributed by atoms with E-state index in [1.54, 1.807) is 12.4 Å². The summed E-state index contributed by atoms with van der Waals surface area (Å²) in [4.78, 5) is 22.1. The summed E-state index contributed by atoms with van der Waals surface area (Å²) in [5, 5.41) is 3.93.